The molecule has 0 atom stereocenters. The van der Waals surface area contributed by atoms with Gasteiger partial charge in [-0.15, -0.1) is 0 Å². The third kappa shape index (κ3) is 5.61. The summed E-state index contributed by atoms with van der Waals surface area (Å²) < 4.78 is 38.7. The van der Waals surface area contributed by atoms with Crippen LogP contribution in [0, 0.1) is 11.3 Å². The van der Waals surface area contributed by atoms with E-state index in [4.69, 9.17) is 5.26 Å². The molecule has 0 saturated carbocycles. The van der Waals surface area contributed by atoms with Gasteiger partial charge in [-0.3, -0.25) is 9.69 Å². The maximum absolute atomic E-state index is 13.1. The van der Waals surface area contributed by atoms with E-state index < -0.39 is 17.6 Å². The average molecular weight is 478 g/mol. The summed E-state index contributed by atoms with van der Waals surface area (Å²) in [6.07, 6.45) is -3.76. The molecule has 35 heavy (non-hydrogen) atoms. The zero-order chi connectivity index (χ0) is 25.0. The number of nitrogens with one attached hydrogen (secondary N) is 1. The van der Waals surface area contributed by atoms with Crippen molar-refractivity contribution < 1.29 is 22.8 Å². The Labute approximate surface area is 200 Å². The fourth-order valence-corrected chi connectivity index (χ4v) is 3.84. The molecule has 3 amide bonds. The van der Waals surface area contributed by atoms with Gasteiger partial charge < -0.3 is 10.2 Å². The Kier molecular flexibility index (Phi) is 6.73. The van der Waals surface area contributed by atoms with Crippen molar-refractivity contribution in [2.75, 3.05) is 23.3 Å². The summed E-state index contributed by atoms with van der Waals surface area (Å²) >= 11 is 0. The highest BCUT2D eigenvalue weighted by Gasteiger charge is 2.31. The minimum Gasteiger partial charge on any atom is -0.322 e. The Morgan fingerprint density at radius 2 is 1.71 bits per heavy atom. The first kappa shape index (κ1) is 23.8. The normalized spacial score (nSPS) is 13.9. The highest BCUT2D eigenvalue weighted by Crippen LogP contribution is 2.30. The summed E-state index contributed by atoms with van der Waals surface area (Å²) in [5.74, 6) is -0.661. The van der Waals surface area contributed by atoms with E-state index in [2.05, 4.69) is 11.4 Å². The van der Waals surface area contributed by atoms with Gasteiger partial charge in [-0.1, -0.05) is 18.2 Å². The molecule has 1 aliphatic heterocycles. The predicted octanol–water partition coefficient (Wildman–Crippen LogP) is 5.66. The molecule has 178 valence electrons. The number of nitrogens with zero attached hydrogens (tertiary/aromatic N) is 3. The molecular weight excluding hydrogens is 457 g/mol. The van der Waals surface area contributed by atoms with E-state index in [0.717, 1.165) is 24.1 Å². The Bertz CT molecular complexity index is 1270. The predicted molar refractivity (Wildman–Crippen MR) is 125 cm³/mol. The van der Waals surface area contributed by atoms with E-state index in [1.165, 1.54) is 12.1 Å². The fourth-order valence-electron chi connectivity index (χ4n) is 3.84. The maximum Gasteiger partial charge on any atom is 0.416 e. The zero-order valence-corrected chi connectivity index (χ0v) is 18.5. The van der Waals surface area contributed by atoms with E-state index in [9.17, 15) is 22.8 Å². The highest BCUT2D eigenvalue weighted by atomic mass is 19.4. The molecule has 0 aromatic heterocycles. The van der Waals surface area contributed by atoms with Gasteiger partial charge in [0.1, 0.15) is 0 Å². The number of rotatable bonds is 5. The zero-order valence-electron chi connectivity index (χ0n) is 18.5. The first-order chi connectivity index (χ1) is 16.7. The van der Waals surface area contributed by atoms with E-state index >= 15 is 0 Å². The number of carbonyl (C=O) groups is 2. The van der Waals surface area contributed by atoms with Crippen molar-refractivity contribution in [1.82, 2.24) is 4.90 Å². The third-order valence-electron chi connectivity index (χ3n) is 5.66. The molecule has 1 aliphatic rings. The lowest BCUT2D eigenvalue weighted by molar-refractivity contribution is -0.137. The second-order valence-corrected chi connectivity index (χ2v) is 8.10. The standard InChI is InChI=1S/C26H21F3N4O2/c27-26(28,29)21-4-1-3-20(15-21)24(34)31-22-9-11-23(12-10-22)33-14-2-13-32(25(33)35)17-19-7-5-18(16-30)6-8-19/h1,3-12,15H,2,13-14,17H2,(H,31,34). The van der Waals surface area contributed by atoms with Gasteiger partial charge in [0.2, 0.25) is 0 Å². The van der Waals surface area contributed by atoms with Crippen molar-refractivity contribution >= 4 is 23.3 Å². The molecule has 3 aromatic carbocycles. The highest BCUT2D eigenvalue weighted by molar-refractivity contribution is 6.04. The van der Waals surface area contributed by atoms with E-state index in [1.54, 1.807) is 46.2 Å². The first-order valence-electron chi connectivity index (χ1n) is 10.9. The molecule has 1 heterocycles. The number of benzene rings is 3. The van der Waals surface area contributed by atoms with E-state index in [0.29, 0.717) is 36.6 Å². The summed E-state index contributed by atoms with van der Waals surface area (Å²) in [7, 11) is 0. The van der Waals surface area contributed by atoms with Gasteiger partial charge in [-0.05, 0) is 66.6 Å². The lowest BCUT2D eigenvalue weighted by atomic mass is 10.1. The van der Waals surface area contributed by atoms with Crippen LogP contribution in [0.25, 0.3) is 0 Å². The number of hydrogen-bond acceptors (Lipinski definition) is 3. The number of carbonyl (C=O) groups excluding carboxylic acids is 2. The van der Waals surface area contributed by atoms with Gasteiger partial charge >= 0.3 is 12.2 Å². The Hall–Kier alpha value is -4.32. The molecule has 0 aliphatic carbocycles. The van der Waals surface area contributed by atoms with E-state index in [-0.39, 0.29) is 11.6 Å². The first-order valence-corrected chi connectivity index (χ1v) is 10.9. The topological polar surface area (TPSA) is 76.4 Å². The van der Waals surface area contributed by atoms with Crippen LogP contribution < -0.4 is 10.2 Å². The van der Waals surface area contributed by atoms with Crippen molar-refractivity contribution in [2.24, 2.45) is 0 Å². The molecular formula is C26H21F3N4O2. The van der Waals surface area contributed by atoms with Gasteiger partial charge in [0.05, 0.1) is 17.2 Å². The van der Waals surface area contributed by atoms with Crippen molar-refractivity contribution in [2.45, 2.75) is 19.1 Å². The van der Waals surface area contributed by atoms with Gasteiger partial charge in [0.25, 0.3) is 5.91 Å². The van der Waals surface area contributed by atoms with Crippen LogP contribution in [0.5, 0.6) is 0 Å². The largest absolute Gasteiger partial charge is 0.416 e. The molecule has 1 fully saturated rings. The molecule has 0 bridgehead atoms. The molecule has 0 spiro atoms. The third-order valence-corrected chi connectivity index (χ3v) is 5.66. The van der Waals surface area contributed by atoms with Crippen LogP contribution in [0.1, 0.15) is 33.5 Å². The van der Waals surface area contributed by atoms with Crippen molar-refractivity contribution in [3.8, 4) is 6.07 Å². The summed E-state index contributed by atoms with van der Waals surface area (Å²) in [5.41, 5.74) is 1.53. The molecule has 1 saturated heterocycles. The Morgan fingerprint density at radius 3 is 2.37 bits per heavy atom. The molecule has 4 rings (SSSR count). The molecule has 3 aromatic rings. The smallest absolute Gasteiger partial charge is 0.322 e. The van der Waals surface area contributed by atoms with Gasteiger partial charge in [0, 0.05) is 36.6 Å². The SMILES string of the molecule is N#Cc1ccc(CN2CCCN(c3ccc(NC(=O)c4cccc(C(F)(F)F)c4)cc3)C2=O)cc1. The number of amides is 3. The molecule has 6 nitrogen and oxygen atoms in total. The van der Waals surface area contributed by atoms with Crippen LogP contribution in [-0.4, -0.2) is 29.9 Å². The van der Waals surface area contributed by atoms with Gasteiger partial charge in [-0.25, -0.2) is 4.79 Å². The van der Waals surface area contributed by atoms with Gasteiger partial charge in [0.15, 0.2) is 0 Å². The Morgan fingerprint density at radius 1 is 1.00 bits per heavy atom. The monoisotopic (exact) mass is 478 g/mol. The summed E-state index contributed by atoms with van der Waals surface area (Å²) in [5, 5.41) is 11.5. The number of halogens is 3. The second kappa shape index (κ2) is 9.89. The number of alkyl halides is 3. The van der Waals surface area contributed by atoms with Crippen LogP contribution >= 0.6 is 0 Å². The lowest BCUT2D eigenvalue weighted by Gasteiger charge is -2.35. The molecule has 1 N–H and O–H groups in total. The lowest BCUT2D eigenvalue weighted by Crippen LogP contribution is -2.49. The minimum atomic E-state index is -4.53. The van der Waals surface area contributed by atoms with Crippen LogP contribution in [0.15, 0.2) is 72.8 Å². The van der Waals surface area contributed by atoms with E-state index in [1.807, 2.05) is 12.1 Å². The van der Waals surface area contributed by atoms with Crippen LogP contribution in [0.2, 0.25) is 0 Å². The van der Waals surface area contributed by atoms with Crippen molar-refractivity contribution in [3.05, 3.63) is 95.1 Å². The molecule has 0 unspecified atom stereocenters. The molecule has 9 heteroatoms. The van der Waals surface area contributed by atoms with Crippen molar-refractivity contribution in [1.29, 1.82) is 5.26 Å². The number of hydrogen-bond donors (Lipinski definition) is 1. The number of anilines is 2. The van der Waals surface area contributed by atoms with Gasteiger partial charge in [-0.2, -0.15) is 18.4 Å². The van der Waals surface area contributed by atoms with Crippen molar-refractivity contribution in [3.63, 3.8) is 0 Å². The van der Waals surface area contributed by atoms with Crippen LogP contribution in [-0.2, 0) is 12.7 Å². The quantitative estimate of drug-likeness (QED) is 0.514. The number of nitriles is 1. The maximum atomic E-state index is 13.1. The Balaban J connectivity index is 1.42. The number of urea groups is 1. The average Bonchev–Trinajstić information content (AvgIpc) is 2.86. The minimum absolute atomic E-state index is 0.103. The van der Waals surface area contributed by atoms with Crippen LogP contribution in [0.4, 0.5) is 29.3 Å². The fraction of sp³-hybridized carbons (Fsp3) is 0.192. The van der Waals surface area contributed by atoms with Crippen LogP contribution in [0.3, 0.4) is 0 Å². The second-order valence-electron chi connectivity index (χ2n) is 8.10. The summed E-state index contributed by atoms with van der Waals surface area (Å²) in [6.45, 7) is 1.57. The summed E-state index contributed by atoms with van der Waals surface area (Å²) in [4.78, 5) is 28.8. The summed E-state index contributed by atoms with van der Waals surface area (Å²) in [6, 6.07) is 19.8. The molecule has 0 radical (unpaired) electrons.